The molecule has 8 aromatic carbocycles. The first kappa shape index (κ1) is 23.2. The Bertz CT molecular complexity index is 2770. The summed E-state index contributed by atoms with van der Waals surface area (Å²) in [4.78, 5) is 4.18. The minimum absolute atomic E-state index is 0.129. The maximum Gasteiger partial charge on any atom is 0.0645 e. The fourth-order valence-electron chi connectivity index (χ4n) is 7.98. The molecule has 1 fully saturated rings. The maximum atomic E-state index is 8.97. The molecule has 1 saturated carbocycles. The molecule has 232 valence electrons. The first-order chi connectivity index (χ1) is 26.4. The van der Waals surface area contributed by atoms with Crippen LogP contribution in [-0.2, 0) is 5.41 Å². The number of benzene rings is 8. The summed E-state index contributed by atoms with van der Waals surface area (Å²) in [5.74, 6) is 0. The smallest absolute Gasteiger partial charge is 0.0645 e. The first-order valence-electron chi connectivity index (χ1n) is 19.3. The highest BCUT2D eigenvalue weighted by atomic mass is 15.1. The second kappa shape index (κ2) is 11.0. The van der Waals surface area contributed by atoms with Crippen LogP contribution in [0.25, 0.3) is 32.7 Å². The van der Waals surface area contributed by atoms with Gasteiger partial charge in [-0.15, -0.1) is 0 Å². The van der Waals surface area contributed by atoms with E-state index in [1.165, 1.54) is 27.5 Å². The van der Waals surface area contributed by atoms with Gasteiger partial charge in [0.15, 0.2) is 0 Å². The standard InChI is InChI=1S/C47H34N2/c1-4-15-35(16-5-1)48(38-24-23-33-13-10-11-14-34(33)31-38)39-25-26-40-41-27-28-45(49(36-17-6-2-7-18-36)37-19-8-3-9-20-37)42-21-12-22-43(46(41)42)47(29-30-47)44(40)32-39/h1-28,31-32H,29-30H2/i2D,6D,7D,17D,18D. The van der Waals surface area contributed by atoms with Crippen molar-refractivity contribution in [2.24, 2.45) is 0 Å². The van der Waals surface area contributed by atoms with Gasteiger partial charge in [0, 0.05) is 39.2 Å². The lowest BCUT2D eigenvalue weighted by molar-refractivity contribution is 0.853. The summed E-state index contributed by atoms with van der Waals surface area (Å²) in [5.41, 5.74) is 9.67. The summed E-state index contributed by atoms with van der Waals surface area (Å²) in [6.45, 7) is 0. The van der Waals surface area contributed by atoms with Crippen molar-refractivity contribution in [3.63, 3.8) is 0 Å². The molecule has 0 aromatic heterocycles. The lowest BCUT2D eigenvalue weighted by Gasteiger charge is -2.34. The monoisotopic (exact) mass is 631 g/mol. The molecule has 0 bridgehead atoms. The SMILES string of the molecule is [2H]c1c([2H])c([2H])c(N(c2ccccc2)c2ccc3c4c(cccc24)C2(CC2)c2cc(N(c4ccccc4)c4ccc5ccccc5c4)ccc2-3)c([2H])c1[2H]. The predicted octanol–water partition coefficient (Wildman–Crippen LogP) is 13.0. The molecule has 2 nitrogen and oxygen atoms in total. The summed E-state index contributed by atoms with van der Waals surface area (Å²) in [7, 11) is 0. The van der Waals surface area contributed by atoms with Crippen LogP contribution in [0.2, 0.25) is 0 Å². The van der Waals surface area contributed by atoms with Crippen molar-refractivity contribution in [1.82, 2.24) is 0 Å². The molecule has 0 heterocycles. The molecular formula is C47H34N2. The van der Waals surface area contributed by atoms with Gasteiger partial charge in [-0.2, -0.15) is 0 Å². The Hall–Kier alpha value is -6.12. The van der Waals surface area contributed by atoms with Crippen LogP contribution in [0.15, 0.2) is 182 Å². The molecule has 0 unspecified atom stereocenters. The minimum Gasteiger partial charge on any atom is -0.310 e. The zero-order valence-corrected chi connectivity index (χ0v) is 26.7. The van der Waals surface area contributed by atoms with Crippen molar-refractivity contribution >= 4 is 55.7 Å². The molecule has 1 spiro atoms. The van der Waals surface area contributed by atoms with Crippen molar-refractivity contribution in [2.75, 3.05) is 9.80 Å². The maximum absolute atomic E-state index is 8.97. The van der Waals surface area contributed by atoms with Crippen molar-refractivity contribution in [1.29, 1.82) is 0 Å². The van der Waals surface area contributed by atoms with Gasteiger partial charge < -0.3 is 9.80 Å². The highest BCUT2D eigenvalue weighted by Crippen LogP contribution is 2.62. The van der Waals surface area contributed by atoms with Crippen LogP contribution in [0, 0.1) is 0 Å². The van der Waals surface area contributed by atoms with Crippen LogP contribution in [0.4, 0.5) is 34.1 Å². The van der Waals surface area contributed by atoms with Crippen LogP contribution in [0.5, 0.6) is 0 Å². The topological polar surface area (TPSA) is 6.48 Å². The highest BCUT2D eigenvalue weighted by molar-refractivity contribution is 6.11. The number of hydrogen-bond acceptors (Lipinski definition) is 2. The molecule has 2 aliphatic carbocycles. The van der Waals surface area contributed by atoms with Gasteiger partial charge in [0.1, 0.15) is 0 Å². The molecule has 2 heteroatoms. The van der Waals surface area contributed by atoms with Gasteiger partial charge in [-0.1, -0.05) is 115 Å². The van der Waals surface area contributed by atoms with E-state index in [0.29, 0.717) is 5.69 Å². The van der Waals surface area contributed by atoms with Crippen LogP contribution in [0.3, 0.4) is 0 Å². The Kier molecular flexibility index (Phi) is 5.20. The van der Waals surface area contributed by atoms with E-state index in [1.54, 1.807) is 0 Å². The Morgan fingerprint density at radius 1 is 0.449 bits per heavy atom. The molecule has 8 aromatic rings. The van der Waals surface area contributed by atoms with Crippen LogP contribution in [-0.4, -0.2) is 0 Å². The van der Waals surface area contributed by atoms with Gasteiger partial charge in [-0.05, 0) is 118 Å². The van der Waals surface area contributed by atoms with Crippen LogP contribution < -0.4 is 9.80 Å². The first-order valence-corrected chi connectivity index (χ1v) is 16.8. The summed E-state index contributed by atoms with van der Waals surface area (Å²) in [5, 5.41) is 4.52. The van der Waals surface area contributed by atoms with E-state index in [2.05, 4.69) is 120 Å². The van der Waals surface area contributed by atoms with Gasteiger partial charge in [0.2, 0.25) is 0 Å². The van der Waals surface area contributed by atoms with Gasteiger partial charge in [-0.25, -0.2) is 0 Å². The molecule has 0 amide bonds. The molecule has 0 radical (unpaired) electrons. The van der Waals surface area contributed by atoms with Gasteiger partial charge in [0.25, 0.3) is 0 Å². The summed E-state index contributed by atoms with van der Waals surface area (Å²) >= 11 is 0. The molecule has 0 atom stereocenters. The lowest BCUT2D eigenvalue weighted by atomic mass is 9.74. The van der Waals surface area contributed by atoms with Crippen molar-refractivity contribution in [3.8, 4) is 11.1 Å². The van der Waals surface area contributed by atoms with Crippen molar-refractivity contribution in [2.45, 2.75) is 18.3 Å². The quantitative estimate of drug-likeness (QED) is 0.180. The van der Waals surface area contributed by atoms with Crippen molar-refractivity contribution < 1.29 is 6.85 Å². The van der Waals surface area contributed by atoms with E-state index in [4.69, 9.17) is 6.85 Å². The average molecular weight is 632 g/mol. The number of fused-ring (bicyclic) bond motifs is 5. The molecule has 0 aliphatic heterocycles. The normalized spacial score (nSPS) is 15.1. The van der Waals surface area contributed by atoms with E-state index in [-0.39, 0.29) is 35.3 Å². The zero-order valence-electron chi connectivity index (χ0n) is 31.7. The Balaban J connectivity index is 1.18. The highest BCUT2D eigenvalue weighted by Gasteiger charge is 2.50. The van der Waals surface area contributed by atoms with E-state index in [1.807, 2.05) is 41.3 Å². The summed E-state index contributed by atoms with van der Waals surface area (Å²) < 4.78 is 43.3. The van der Waals surface area contributed by atoms with Gasteiger partial charge in [0.05, 0.1) is 12.5 Å². The van der Waals surface area contributed by atoms with Gasteiger partial charge in [-0.3, -0.25) is 0 Å². The van der Waals surface area contributed by atoms with Gasteiger partial charge >= 0.3 is 0 Å². The second-order valence-corrected chi connectivity index (χ2v) is 13.0. The fourth-order valence-corrected chi connectivity index (χ4v) is 7.98. The fraction of sp³-hybridized carbons (Fsp3) is 0.0638. The number of anilines is 6. The molecular weight excluding hydrogens is 593 g/mol. The van der Waals surface area contributed by atoms with E-state index in [0.717, 1.165) is 51.9 Å². The largest absolute Gasteiger partial charge is 0.310 e. The summed E-state index contributed by atoms with van der Waals surface area (Å²) in [6, 6.07) is 51.2. The summed E-state index contributed by atoms with van der Waals surface area (Å²) in [6.07, 6.45) is 2.05. The Morgan fingerprint density at radius 2 is 1.10 bits per heavy atom. The zero-order chi connectivity index (χ0) is 36.7. The second-order valence-electron chi connectivity index (χ2n) is 13.0. The number of rotatable bonds is 6. The lowest BCUT2D eigenvalue weighted by Crippen LogP contribution is -2.18. The predicted molar refractivity (Wildman–Crippen MR) is 206 cm³/mol. The third kappa shape index (κ3) is 4.41. The molecule has 0 N–H and O–H groups in total. The van der Waals surface area contributed by atoms with Crippen LogP contribution in [0.1, 0.15) is 30.8 Å². The Labute approximate surface area is 294 Å². The van der Waals surface area contributed by atoms with E-state index >= 15 is 0 Å². The average Bonchev–Trinajstić information content (AvgIpc) is 4.02. The number of para-hydroxylation sites is 3. The van der Waals surface area contributed by atoms with Crippen LogP contribution >= 0.6 is 0 Å². The molecule has 0 saturated heterocycles. The third-order valence-electron chi connectivity index (χ3n) is 10.3. The number of nitrogens with zero attached hydrogens (tertiary/aromatic N) is 2. The molecule has 10 rings (SSSR count). The minimum atomic E-state index is -0.406. The Morgan fingerprint density at radius 3 is 1.86 bits per heavy atom. The molecule has 49 heavy (non-hydrogen) atoms. The van der Waals surface area contributed by atoms with E-state index in [9.17, 15) is 0 Å². The molecule has 2 aliphatic rings. The van der Waals surface area contributed by atoms with Crippen molar-refractivity contribution in [3.05, 3.63) is 193 Å². The third-order valence-corrected chi connectivity index (χ3v) is 10.3. The number of hydrogen-bond donors (Lipinski definition) is 0. The van der Waals surface area contributed by atoms with E-state index < -0.39 is 6.04 Å².